The van der Waals surface area contributed by atoms with Crippen LogP contribution in [0.3, 0.4) is 0 Å². The van der Waals surface area contributed by atoms with Crippen molar-refractivity contribution in [1.29, 1.82) is 0 Å². The van der Waals surface area contributed by atoms with E-state index in [4.69, 9.17) is 0 Å². The van der Waals surface area contributed by atoms with Crippen LogP contribution in [-0.4, -0.2) is 69.0 Å². The molecule has 0 saturated carbocycles. The van der Waals surface area contributed by atoms with Crippen LogP contribution in [0, 0.1) is 10.8 Å². The molecule has 8 nitrogen and oxygen atoms in total. The van der Waals surface area contributed by atoms with E-state index in [9.17, 15) is 40.2 Å². The minimum absolute atomic E-state index is 0.0783. The molecule has 146 valence electrons. The highest BCUT2D eigenvalue weighted by Crippen LogP contribution is 2.33. The van der Waals surface area contributed by atoms with Crippen molar-refractivity contribution in [3.8, 4) is 0 Å². The Morgan fingerprint density at radius 1 is 0.731 bits per heavy atom. The Morgan fingerprint density at radius 3 is 1.19 bits per heavy atom. The summed E-state index contributed by atoms with van der Waals surface area (Å²) in [5, 5.41) is 57.3. The zero-order valence-corrected chi connectivity index (χ0v) is 14.9. The van der Waals surface area contributed by atoms with E-state index in [-0.39, 0.29) is 35.1 Å². The number of aliphatic hydroxyl groups is 4. The van der Waals surface area contributed by atoms with E-state index in [0.29, 0.717) is 0 Å². The zero-order chi connectivity index (χ0) is 20.1. The fourth-order valence-electron chi connectivity index (χ4n) is 2.67. The molecule has 1 aromatic rings. The van der Waals surface area contributed by atoms with Crippen molar-refractivity contribution < 1.29 is 40.2 Å². The number of aromatic carboxylic acids is 2. The van der Waals surface area contributed by atoms with Crippen LogP contribution in [0.5, 0.6) is 0 Å². The first-order valence-electron chi connectivity index (χ1n) is 8.11. The van der Waals surface area contributed by atoms with Crippen molar-refractivity contribution in [2.24, 2.45) is 10.8 Å². The van der Waals surface area contributed by atoms with Crippen molar-refractivity contribution >= 4 is 11.9 Å². The maximum atomic E-state index is 11.7. The van der Waals surface area contributed by atoms with Crippen LogP contribution in [0.25, 0.3) is 0 Å². The third-order valence-electron chi connectivity index (χ3n) is 4.63. The third-order valence-corrected chi connectivity index (χ3v) is 4.63. The number of aliphatic hydroxyl groups excluding tert-OH is 4. The van der Waals surface area contributed by atoms with E-state index >= 15 is 0 Å². The lowest BCUT2D eigenvalue weighted by molar-refractivity contribution is 0.0616. The van der Waals surface area contributed by atoms with Gasteiger partial charge in [0.15, 0.2) is 0 Å². The predicted octanol–water partition coefficient (Wildman–Crippen LogP) is 0.150. The molecule has 0 amide bonds. The van der Waals surface area contributed by atoms with E-state index in [1.54, 1.807) is 13.8 Å². The summed E-state index contributed by atoms with van der Waals surface area (Å²) in [6.07, 6.45) is -0.157. The number of benzene rings is 1. The minimum Gasteiger partial charge on any atom is -0.478 e. The highest BCUT2D eigenvalue weighted by Gasteiger charge is 2.32. The van der Waals surface area contributed by atoms with E-state index in [2.05, 4.69) is 0 Å². The normalized spacial score (nSPS) is 12.2. The molecule has 6 N–H and O–H groups in total. The maximum absolute atomic E-state index is 11.7. The second-order valence-electron chi connectivity index (χ2n) is 7.34. The van der Waals surface area contributed by atoms with E-state index in [0.717, 1.165) is 0 Å². The lowest BCUT2D eigenvalue weighted by Crippen LogP contribution is -2.33. The standard InChI is InChI=1S/C18H26O8/c1-17(7-19,8-20)5-13-11(15(23)24)3-4-12(16(25)26)14(13)6-18(2,9-21)10-22/h3-4,19-22H,5-10H2,1-2H3,(H,23,24)(H,25,26). The number of hydrogen-bond donors (Lipinski definition) is 6. The van der Waals surface area contributed by atoms with Crippen molar-refractivity contribution in [1.82, 2.24) is 0 Å². The molecule has 0 bridgehead atoms. The van der Waals surface area contributed by atoms with Gasteiger partial charge in [0.05, 0.1) is 37.6 Å². The van der Waals surface area contributed by atoms with Gasteiger partial charge in [-0.2, -0.15) is 0 Å². The summed E-state index contributed by atoms with van der Waals surface area (Å²) in [5.74, 6) is -2.54. The van der Waals surface area contributed by atoms with E-state index in [1.807, 2.05) is 0 Å². The first kappa shape index (κ1) is 22.0. The van der Waals surface area contributed by atoms with Crippen LogP contribution in [0.1, 0.15) is 45.7 Å². The van der Waals surface area contributed by atoms with Gasteiger partial charge in [-0.25, -0.2) is 9.59 Å². The van der Waals surface area contributed by atoms with Crippen molar-refractivity contribution in [3.63, 3.8) is 0 Å². The van der Waals surface area contributed by atoms with Gasteiger partial charge >= 0.3 is 11.9 Å². The lowest BCUT2D eigenvalue weighted by atomic mass is 9.76. The predicted molar refractivity (Wildman–Crippen MR) is 92.3 cm³/mol. The Morgan fingerprint density at radius 2 is 1.00 bits per heavy atom. The number of rotatable bonds is 10. The zero-order valence-electron chi connectivity index (χ0n) is 14.9. The largest absolute Gasteiger partial charge is 0.478 e. The molecule has 8 heteroatoms. The van der Waals surface area contributed by atoms with Crippen LogP contribution >= 0.6 is 0 Å². The molecule has 0 aromatic heterocycles. The summed E-state index contributed by atoms with van der Waals surface area (Å²) < 4.78 is 0. The molecule has 0 atom stereocenters. The Bertz CT molecular complexity index is 602. The minimum atomic E-state index is -1.27. The van der Waals surface area contributed by atoms with Crippen molar-refractivity contribution in [2.45, 2.75) is 26.7 Å². The molecule has 0 spiro atoms. The van der Waals surface area contributed by atoms with Crippen molar-refractivity contribution in [3.05, 3.63) is 34.4 Å². The average Bonchev–Trinajstić information content (AvgIpc) is 2.61. The average molecular weight is 370 g/mol. The van der Waals surface area contributed by atoms with Crippen LogP contribution in [-0.2, 0) is 12.8 Å². The Kier molecular flexibility index (Phi) is 7.28. The second-order valence-corrected chi connectivity index (χ2v) is 7.34. The lowest BCUT2D eigenvalue weighted by Gasteiger charge is -2.31. The molecule has 0 aliphatic carbocycles. The van der Waals surface area contributed by atoms with Crippen LogP contribution < -0.4 is 0 Å². The third kappa shape index (κ3) is 4.79. The second kappa shape index (κ2) is 8.59. The number of hydrogen-bond acceptors (Lipinski definition) is 6. The Labute approximate surface area is 151 Å². The molecule has 1 rings (SSSR count). The smallest absolute Gasteiger partial charge is 0.335 e. The summed E-state index contributed by atoms with van der Waals surface area (Å²) in [6, 6.07) is 2.35. The molecule has 0 fully saturated rings. The molecule has 0 aliphatic rings. The van der Waals surface area contributed by atoms with Gasteiger partial charge in [0.25, 0.3) is 0 Å². The summed E-state index contributed by atoms with van der Waals surface area (Å²) in [5.41, 5.74) is -2.09. The van der Waals surface area contributed by atoms with Crippen molar-refractivity contribution in [2.75, 3.05) is 26.4 Å². The summed E-state index contributed by atoms with van der Waals surface area (Å²) in [4.78, 5) is 23.3. The SMILES string of the molecule is CC(CO)(CO)Cc1c(C(=O)O)ccc(C(=O)O)c1CC(C)(CO)CO. The monoisotopic (exact) mass is 370 g/mol. The van der Waals surface area contributed by atoms with Crippen LogP contribution in [0.2, 0.25) is 0 Å². The van der Waals surface area contributed by atoms with E-state index < -0.39 is 49.2 Å². The molecule has 26 heavy (non-hydrogen) atoms. The quantitative estimate of drug-likeness (QED) is 0.340. The number of carbonyl (C=O) groups is 2. The van der Waals surface area contributed by atoms with Gasteiger partial charge in [-0.05, 0) is 36.1 Å². The molecule has 0 radical (unpaired) electrons. The van der Waals surface area contributed by atoms with Gasteiger partial charge < -0.3 is 30.6 Å². The molecular formula is C18H26O8. The highest BCUT2D eigenvalue weighted by molar-refractivity contribution is 5.95. The van der Waals surface area contributed by atoms with Gasteiger partial charge in [0, 0.05) is 10.8 Å². The van der Waals surface area contributed by atoms with Gasteiger partial charge in [0.2, 0.25) is 0 Å². The Balaban J connectivity index is 3.71. The van der Waals surface area contributed by atoms with E-state index in [1.165, 1.54) is 12.1 Å². The first-order valence-corrected chi connectivity index (χ1v) is 8.11. The van der Waals surface area contributed by atoms with Gasteiger partial charge in [-0.15, -0.1) is 0 Å². The number of carboxylic acid groups (broad SMARTS) is 2. The Hall–Kier alpha value is -2.00. The number of carboxylic acids is 2. The fraction of sp³-hybridized carbons (Fsp3) is 0.556. The van der Waals surface area contributed by atoms with Crippen LogP contribution in [0.15, 0.2) is 12.1 Å². The van der Waals surface area contributed by atoms with Gasteiger partial charge in [-0.3, -0.25) is 0 Å². The molecular weight excluding hydrogens is 344 g/mol. The summed E-state index contributed by atoms with van der Waals surface area (Å²) >= 11 is 0. The molecule has 0 unspecified atom stereocenters. The maximum Gasteiger partial charge on any atom is 0.335 e. The highest BCUT2D eigenvalue weighted by atomic mass is 16.4. The van der Waals surface area contributed by atoms with Gasteiger partial charge in [-0.1, -0.05) is 13.8 Å². The molecule has 0 aliphatic heterocycles. The topological polar surface area (TPSA) is 156 Å². The van der Waals surface area contributed by atoms with Gasteiger partial charge in [0.1, 0.15) is 0 Å². The summed E-state index contributed by atoms with van der Waals surface area (Å²) in [6.45, 7) is 1.36. The molecule has 0 saturated heterocycles. The summed E-state index contributed by atoms with van der Waals surface area (Å²) in [7, 11) is 0. The van der Waals surface area contributed by atoms with Crippen LogP contribution in [0.4, 0.5) is 0 Å². The molecule has 1 aromatic carbocycles. The molecule has 0 heterocycles. The first-order chi connectivity index (χ1) is 12.1. The fourth-order valence-corrected chi connectivity index (χ4v) is 2.67.